The Labute approximate surface area is 54.4 Å². The van der Waals surface area contributed by atoms with Crippen LogP contribution in [0.1, 0.15) is 19.8 Å². The lowest BCUT2D eigenvalue weighted by Gasteiger charge is -2.10. The van der Waals surface area contributed by atoms with Gasteiger partial charge in [-0.25, -0.2) is 0 Å². The van der Waals surface area contributed by atoms with E-state index in [1.807, 2.05) is 6.07 Å². The zero-order valence-electron chi connectivity index (χ0n) is 5.39. The van der Waals surface area contributed by atoms with Crippen LogP contribution in [0.3, 0.4) is 0 Å². The highest BCUT2D eigenvalue weighted by Crippen LogP contribution is 2.26. The standard InChI is InChI=1S/C7H9NO/c1-7(9)3-2-6(4-7)5-8/h4,9H,2-3H2,1H3/t7-/m1/s1. The lowest BCUT2D eigenvalue weighted by Crippen LogP contribution is -2.15. The first kappa shape index (κ1) is 6.31. The van der Waals surface area contributed by atoms with Gasteiger partial charge in [-0.2, -0.15) is 5.26 Å². The molecule has 0 aromatic heterocycles. The van der Waals surface area contributed by atoms with Crippen LogP contribution >= 0.6 is 0 Å². The molecule has 0 unspecified atom stereocenters. The minimum Gasteiger partial charge on any atom is -0.386 e. The molecule has 1 aliphatic carbocycles. The van der Waals surface area contributed by atoms with E-state index < -0.39 is 5.60 Å². The van der Waals surface area contributed by atoms with Crippen molar-refractivity contribution in [1.82, 2.24) is 0 Å². The highest BCUT2D eigenvalue weighted by molar-refractivity contribution is 5.29. The van der Waals surface area contributed by atoms with Gasteiger partial charge >= 0.3 is 0 Å². The summed E-state index contributed by atoms with van der Waals surface area (Å²) in [5.41, 5.74) is -0.00887. The molecule has 0 radical (unpaired) electrons. The zero-order chi connectivity index (χ0) is 6.91. The molecule has 1 atom stereocenters. The third-order valence-electron chi connectivity index (χ3n) is 1.53. The number of hydrogen-bond acceptors (Lipinski definition) is 2. The third kappa shape index (κ3) is 1.30. The van der Waals surface area contributed by atoms with Gasteiger partial charge < -0.3 is 5.11 Å². The van der Waals surface area contributed by atoms with Crippen LogP contribution in [0.25, 0.3) is 0 Å². The summed E-state index contributed by atoms with van der Waals surface area (Å²) >= 11 is 0. The van der Waals surface area contributed by atoms with Crippen LogP contribution in [0.5, 0.6) is 0 Å². The molecule has 0 saturated heterocycles. The Bertz CT molecular complexity index is 186. The van der Waals surface area contributed by atoms with Crippen LogP contribution in [-0.2, 0) is 0 Å². The van der Waals surface area contributed by atoms with Crippen molar-refractivity contribution in [3.8, 4) is 6.07 Å². The molecule has 0 saturated carbocycles. The Hall–Kier alpha value is -0.810. The molecule has 0 aromatic rings. The molecular weight excluding hydrogens is 114 g/mol. The predicted octanol–water partition coefficient (Wildman–Crippen LogP) is 0.981. The summed E-state index contributed by atoms with van der Waals surface area (Å²) in [6, 6.07) is 2.02. The topological polar surface area (TPSA) is 44.0 Å². The van der Waals surface area contributed by atoms with Crippen LogP contribution in [-0.4, -0.2) is 10.7 Å². The minimum atomic E-state index is -0.717. The summed E-state index contributed by atoms with van der Waals surface area (Å²) in [5, 5.41) is 17.6. The Morgan fingerprint density at radius 3 is 2.78 bits per heavy atom. The molecule has 0 heterocycles. The molecular formula is C7H9NO. The van der Waals surface area contributed by atoms with Gasteiger partial charge in [-0.3, -0.25) is 0 Å². The number of nitriles is 1. The molecule has 0 aromatic carbocycles. The maximum atomic E-state index is 9.27. The van der Waals surface area contributed by atoms with Crippen molar-refractivity contribution in [3.63, 3.8) is 0 Å². The van der Waals surface area contributed by atoms with Gasteiger partial charge in [0.1, 0.15) is 0 Å². The molecule has 2 nitrogen and oxygen atoms in total. The monoisotopic (exact) mass is 123 g/mol. The van der Waals surface area contributed by atoms with Crippen molar-refractivity contribution in [3.05, 3.63) is 11.6 Å². The molecule has 0 aliphatic heterocycles. The lowest BCUT2D eigenvalue weighted by molar-refractivity contribution is 0.112. The van der Waals surface area contributed by atoms with E-state index in [1.54, 1.807) is 13.0 Å². The second kappa shape index (κ2) is 1.85. The SMILES string of the molecule is C[C@]1(O)C=C(C#N)CC1. The first-order chi connectivity index (χ1) is 4.14. The van der Waals surface area contributed by atoms with Crippen LogP contribution in [0.15, 0.2) is 11.6 Å². The molecule has 1 rings (SSSR count). The van der Waals surface area contributed by atoms with E-state index in [0.717, 1.165) is 6.42 Å². The quantitative estimate of drug-likeness (QED) is 0.521. The lowest BCUT2D eigenvalue weighted by atomic mass is 10.1. The predicted molar refractivity (Wildman–Crippen MR) is 33.6 cm³/mol. The number of aliphatic hydroxyl groups is 1. The zero-order valence-corrected chi connectivity index (χ0v) is 5.39. The molecule has 48 valence electrons. The van der Waals surface area contributed by atoms with Crippen molar-refractivity contribution in [2.24, 2.45) is 0 Å². The summed E-state index contributed by atoms with van der Waals surface area (Å²) in [7, 11) is 0. The second-order valence-corrected chi connectivity index (χ2v) is 2.64. The molecule has 1 N–H and O–H groups in total. The average molecular weight is 123 g/mol. The van der Waals surface area contributed by atoms with Crippen molar-refractivity contribution in [2.45, 2.75) is 25.4 Å². The van der Waals surface area contributed by atoms with Crippen LogP contribution in [0.4, 0.5) is 0 Å². The Morgan fingerprint density at radius 2 is 2.56 bits per heavy atom. The Kier molecular flexibility index (Phi) is 1.30. The first-order valence-electron chi connectivity index (χ1n) is 2.98. The fraction of sp³-hybridized carbons (Fsp3) is 0.571. The maximum Gasteiger partial charge on any atom is 0.0944 e. The number of allylic oxidation sites excluding steroid dienone is 1. The molecule has 2 heteroatoms. The van der Waals surface area contributed by atoms with E-state index >= 15 is 0 Å². The largest absolute Gasteiger partial charge is 0.386 e. The molecule has 1 aliphatic rings. The number of nitrogens with zero attached hydrogens (tertiary/aromatic N) is 1. The van der Waals surface area contributed by atoms with Crippen molar-refractivity contribution in [2.75, 3.05) is 0 Å². The summed E-state index contributed by atoms with van der Waals surface area (Å²) in [6.45, 7) is 1.72. The third-order valence-corrected chi connectivity index (χ3v) is 1.53. The Balaban J connectivity index is 2.75. The summed E-state index contributed by atoms with van der Waals surface area (Å²) in [6.07, 6.45) is 3.05. The van der Waals surface area contributed by atoms with E-state index in [9.17, 15) is 5.11 Å². The highest BCUT2D eigenvalue weighted by atomic mass is 16.3. The van der Waals surface area contributed by atoms with Crippen LogP contribution in [0, 0.1) is 11.3 Å². The van der Waals surface area contributed by atoms with Gasteiger partial charge in [0.25, 0.3) is 0 Å². The van der Waals surface area contributed by atoms with E-state index in [4.69, 9.17) is 5.26 Å². The van der Waals surface area contributed by atoms with Crippen LogP contribution in [0.2, 0.25) is 0 Å². The summed E-state index contributed by atoms with van der Waals surface area (Å²) in [5.74, 6) is 0. The van der Waals surface area contributed by atoms with Gasteiger partial charge in [-0.1, -0.05) is 0 Å². The molecule has 0 fully saturated rings. The molecule has 0 amide bonds. The van der Waals surface area contributed by atoms with Crippen molar-refractivity contribution in [1.29, 1.82) is 5.26 Å². The number of hydrogen-bond donors (Lipinski definition) is 1. The summed E-state index contributed by atoms with van der Waals surface area (Å²) < 4.78 is 0. The first-order valence-corrected chi connectivity index (χ1v) is 2.98. The van der Waals surface area contributed by atoms with Gasteiger partial charge in [-0.05, 0) is 25.8 Å². The second-order valence-electron chi connectivity index (χ2n) is 2.64. The van der Waals surface area contributed by atoms with Gasteiger partial charge in [0.2, 0.25) is 0 Å². The maximum absolute atomic E-state index is 9.27. The van der Waals surface area contributed by atoms with Crippen molar-refractivity contribution >= 4 is 0 Å². The van der Waals surface area contributed by atoms with Gasteiger partial charge in [-0.15, -0.1) is 0 Å². The smallest absolute Gasteiger partial charge is 0.0944 e. The fourth-order valence-corrected chi connectivity index (χ4v) is 0.996. The molecule has 9 heavy (non-hydrogen) atoms. The molecule has 0 bridgehead atoms. The van der Waals surface area contributed by atoms with E-state index in [0.29, 0.717) is 12.0 Å². The summed E-state index contributed by atoms with van der Waals surface area (Å²) in [4.78, 5) is 0. The van der Waals surface area contributed by atoms with Gasteiger partial charge in [0, 0.05) is 5.57 Å². The van der Waals surface area contributed by atoms with Crippen molar-refractivity contribution < 1.29 is 5.11 Å². The molecule has 0 spiro atoms. The fourth-order valence-electron chi connectivity index (χ4n) is 0.996. The van der Waals surface area contributed by atoms with E-state index in [1.165, 1.54) is 0 Å². The highest BCUT2D eigenvalue weighted by Gasteiger charge is 2.24. The van der Waals surface area contributed by atoms with Gasteiger partial charge in [0.15, 0.2) is 0 Å². The van der Waals surface area contributed by atoms with E-state index in [-0.39, 0.29) is 0 Å². The average Bonchev–Trinajstić information content (AvgIpc) is 2.10. The number of rotatable bonds is 0. The van der Waals surface area contributed by atoms with Crippen LogP contribution < -0.4 is 0 Å². The minimum absolute atomic E-state index is 0.690. The van der Waals surface area contributed by atoms with Gasteiger partial charge in [0.05, 0.1) is 11.7 Å². The Morgan fingerprint density at radius 1 is 1.89 bits per heavy atom. The normalized spacial score (nSPS) is 33.7. The van der Waals surface area contributed by atoms with E-state index in [2.05, 4.69) is 0 Å².